The molecule has 2 rings (SSSR count). The molecule has 6 nitrogen and oxygen atoms in total. The molecule has 0 aliphatic heterocycles. The van der Waals surface area contributed by atoms with Crippen LogP contribution >= 0.6 is 0 Å². The summed E-state index contributed by atoms with van der Waals surface area (Å²) in [6, 6.07) is 5.66. The summed E-state index contributed by atoms with van der Waals surface area (Å²) in [5.41, 5.74) is 0.233. The summed E-state index contributed by atoms with van der Waals surface area (Å²) in [5, 5.41) is 7.29. The molecule has 0 bridgehead atoms. The number of carbonyl (C=O) groups is 1. The van der Waals surface area contributed by atoms with E-state index >= 15 is 0 Å². The third-order valence-electron chi connectivity index (χ3n) is 2.55. The Hall–Kier alpha value is -2.58. The topological polar surface area (TPSA) is 66.2 Å². The summed E-state index contributed by atoms with van der Waals surface area (Å²) < 4.78 is 46.9. The van der Waals surface area contributed by atoms with Crippen molar-refractivity contribution in [2.75, 3.05) is 6.61 Å². The molecule has 0 aliphatic rings. The van der Waals surface area contributed by atoms with Gasteiger partial charge >= 0.3 is 12.3 Å². The molecule has 0 spiro atoms. The molecule has 9 heteroatoms. The number of aromatic nitrogens is 3. The van der Waals surface area contributed by atoms with Gasteiger partial charge in [-0.2, -0.15) is 0 Å². The van der Waals surface area contributed by atoms with Gasteiger partial charge in [0.05, 0.1) is 19.3 Å². The lowest BCUT2D eigenvalue weighted by Crippen LogP contribution is -2.18. The number of halogens is 3. The maximum Gasteiger partial charge on any atom is 0.573 e. The van der Waals surface area contributed by atoms with Crippen molar-refractivity contribution in [2.24, 2.45) is 0 Å². The number of rotatable bonds is 5. The normalized spacial score (nSPS) is 11.3. The first-order chi connectivity index (χ1) is 10.4. The highest BCUT2D eigenvalue weighted by Crippen LogP contribution is 2.26. The van der Waals surface area contributed by atoms with Crippen molar-refractivity contribution in [3.63, 3.8) is 0 Å². The predicted octanol–water partition coefficient (Wildman–Crippen LogP) is 2.40. The average molecular weight is 315 g/mol. The molecular weight excluding hydrogens is 303 g/mol. The highest BCUT2D eigenvalue weighted by Gasteiger charge is 2.32. The molecule has 118 valence electrons. The summed E-state index contributed by atoms with van der Waals surface area (Å²) in [6.07, 6.45) is -3.49. The monoisotopic (exact) mass is 315 g/mol. The van der Waals surface area contributed by atoms with Crippen LogP contribution in [0.1, 0.15) is 23.0 Å². The van der Waals surface area contributed by atoms with Crippen LogP contribution in [-0.2, 0) is 11.3 Å². The van der Waals surface area contributed by atoms with E-state index in [0.29, 0.717) is 0 Å². The molecular formula is C13H12F3N3O3. The molecule has 0 N–H and O–H groups in total. The van der Waals surface area contributed by atoms with E-state index in [0.717, 1.165) is 0 Å². The van der Waals surface area contributed by atoms with Crippen molar-refractivity contribution < 1.29 is 27.4 Å². The molecule has 0 atom stereocenters. The molecule has 0 fully saturated rings. The SMILES string of the molecule is CCOC(=O)c1cn(Cc2ccccc2OC(F)(F)F)nn1. The van der Waals surface area contributed by atoms with Crippen molar-refractivity contribution in [1.82, 2.24) is 15.0 Å². The summed E-state index contributed by atoms with van der Waals surface area (Å²) in [4.78, 5) is 11.5. The first-order valence-electron chi connectivity index (χ1n) is 6.30. The van der Waals surface area contributed by atoms with E-state index in [9.17, 15) is 18.0 Å². The first kappa shape index (κ1) is 15.8. The van der Waals surface area contributed by atoms with Gasteiger partial charge in [0.2, 0.25) is 0 Å². The number of ether oxygens (including phenoxy) is 2. The molecule has 2 aromatic rings. The first-order valence-corrected chi connectivity index (χ1v) is 6.30. The summed E-state index contributed by atoms with van der Waals surface area (Å²) in [5.74, 6) is -0.975. The molecule has 0 unspecified atom stereocenters. The van der Waals surface area contributed by atoms with Gasteiger partial charge < -0.3 is 9.47 Å². The quantitative estimate of drug-likeness (QED) is 0.793. The smallest absolute Gasteiger partial charge is 0.461 e. The van der Waals surface area contributed by atoms with Gasteiger partial charge in [-0.25, -0.2) is 9.48 Å². The number of esters is 1. The molecule has 0 amide bonds. The molecule has 0 radical (unpaired) electrons. The van der Waals surface area contributed by atoms with Crippen LogP contribution in [0.2, 0.25) is 0 Å². The third kappa shape index (κ3) is 4.21. The Kier molecular flexibility index (Phi) is 4.64. The number of alkyl halides is 3. The molecule has 1 aromatic heterocycles. The number of para-hydroxylation sites is 1. The number of carbonyl (C=O) groups excluding carboxylic acids is 1. The minimum Gasteiger partial charge on any atom is -0.461 e. The van der Waals surface area contributed by atoms with Gasteiger partial charge in [0.1, 0.15) is 5.75 Å². The van der Waals surface area contributed by atoms with Crippen LogP contribution in [0, 0.1) is 0 Å². The number of nitrogens with zero attached hydrogens (tertiary/aromatic N) is 3. The minimum absolute atomic E-state index is 0.0175. The van der Waals surface area contributed by atoms with Crippen LogP contribution in [0.5, 0.6) is 5.75 Å². The number of hydrogen-bond acceptors (Lipinski definition) is 5. The predicted molar refractivity (Wildman–Crippen MR) is 68.2 cm³/mol. The molecule has 0 saturated carbocycles. The van der Waals surface area contributed by atoms with E-state index in [1.165, 1.54) is 29.1 Å². The van der Waals surface area contributed by atoms with Crippen LogP contribution in [-0.4, -0.2) is 33.9 Å². The second kappa shape index (κ2) is 6.46. The zero-order valence-corrected chi connectivity index (χ0v) is 11.5. The van der Waals surface area contributed by atoms with Crippen molar-refractivity contribution in [2.45, 2.75) is 19.8 Å². The highest BCUT2D eigenvalue weighted by molar-refractivity contribution is 5.86. The van der Waals surface area contributed by atoms with Crippen molar-refractivity contribution in [3.8, 4) is 5.75 Å². The third-order valence-corrected chi connectivity index (χ3v) is 2.55. The average Bonchev–Trinajstić information content (AvgIpc) is 2.88. The van der Waals surface area contributed by atoms with E-state index in [-0.39, 0.29) is 30.2 Å². The zero-order valence-electron chi connectivity index (χ0n) is 11.5. The van der Waals surface area contributed by atoms with Gasteiger partial charge in [0.15, 0.2) is 5.69 Å². The van der Waals surface area contributed by atoms with Gasteiger partial charge in [-0.3, -0.25) is 0 Å². The maximum atomic E-state index is 12.3. The molecule has 0 saturated heterocycles. The second-order valence-electron chi connectivity index (χ2n) is 4.18. The Balaban J connectivity index is 2.16. The van der Waals surface area contributed by atoms with Crippen molar-refractivity contribution >= 4 is 5.97 Å². The van der Waals surface area contributed by atoms with Gasteiger partial charge in [-0.15, -0.1) is 18.3 Å². The Labute approximate surface area is 123 Å². The summed E-state index contributed by atoms with van der Waals surface area (Å²) in [7, 11) is 0. The van der Waals surface area contributed by atoms with Crippen LogP contribution in [0.25, 0.3) is 0 Å². The number of hydrogen-bond donors (Lipinski definition) is 0. The second-order valence-corrected chi connectivity index (χ2v) is 4.18. The van der Waals surface area contributed by atoms with E-state index in [2.05, 4.69) is 15.0 Å². The summed E-state index contributed by atoms with van der Waals surface area (Å²) >= 11 is 0. The standard InChI is InChI=1S/C13H12F3N3O3/c1-2-21-12(20)10-8-19(18-17-10)7-9-5-3-4-6-11(9)22-13(14,15)16/h3-6,8H,2,7H2,1H3. The Morgan fingerprint density at radius 1 is 1.32 bits per heavy atom. The largest absolute Gasteiger partial charge is 0.573 e. The Bertz CT molecular complexity index is 655. The van der Waals surface area contributed by atoms with Gasteiger partial charge in [0, 0.05) is 5.56 Å². The van der Waals surface area contributed by atoms with E-state index in [4.69, 9.17) is 4.74 Å². The van der Waals surface area contributed by atoms with Crippen molar-refractivity contribution in [3.05, 3.63) is 41.7 Å². The van der Waals surface area contributed by atoms with E-state index in [1.807, 2.05) is 0 Å². The molecule has 22 heavy (non-hydrogen) atoms. The Morgan fingerprint density at radius 2 is 2.05 bits per heavy atom. The fourth-order valence-corrected chi connectivity index (χ4v) is 1.71. The van der Waals surface area contributed by atoms with E-state index in [1.54, 1.807) is 13.0 Å². The molecule has 1 heterocycles. The van der Waals surface area contributed by atoms with Crippen molar-refractivity contribution in [1.29, 1.82) is 0 Å². The lowest BCUT2D eigenvalue weighted by atomic mass is 10.2. The van der Waals surface area contributed by atoms with Gasteiger partial charge in [-0.05, 0) is 13.0 Å². The van der Waals surface area contributed by atoms with Gasteiger partial charge in [-0.1, -0.05) is 23.4 Å². The lowest BCUT2D eigenvalue weighted by molar-refractivity contribution is -0.274. The molecule has 0 aliphatic carbocycles. The van der Waals surface area contributed by atoms with E-state index < -0.39 is 12.3 Å². The fourth-order valence-electron chi connectivity index (χ4n) is 1.71. The van der Waals surface area contributed by atoms with Crippen LogP contribution in [0.4, 0.5) is 13.2 Å². The van der Waals surface area contributed by atoms with Crippen LogP contribution < -0.4 is 4.74 Å². The lowest BCUT2D eigenvalue weighted by Gasteiger charge is -2.12. The molecule has 1 aromatic carbocycles. The Morgan fingerprint density at radius 3 is 2.73 bits per heavy atom. The number of benzene rings is 1. The minimum atomic E-state index is -4.78. The summed E-state index contributed by atoms with van der Waals surface area (Å²) in [6.45, 7) is 1.81. The van der Waals surface area contributed by atoms with Gasteiger partial charge in [0.25, 0.3) is 0 Å². The van der Waals surface area contributed by atoms with Crippen LogP contribution in [0.3, 0.4) is 0 Å². The maximum absolute atomic E-state index is 12.3. The van der Waals surface area contributed by atoms with Crippen LogP contribution in [0.15, 0.2) is 30.5 Å². The highest BCUT2D eigenvalue weighted by atomic mass is 19.4. The zero-order chi connectivity index (χ0) is 16.2. The fraction of sp³-hybridized carbons (Fsp3) is 0.308.